The predicted octanol–water partition coefficient (Wildman–Crippen LogP) is 4.15. The Morgan fingerprint density at radius 3 is 2.29 bits per heavy atom. The lowest BCUT2D eigenvalue weighted by molar-refractivity contribution is 0.332. The molecule has 0 heterocycles. The minimum atomic E-state index is 0.669. The molecule has 0 spiro atoms. The number of benzene rings is 2. The molecule has 4 heteroatoms. The largest absolute Gasteiger partial charge is 0.494 e. The zero-order chi connectivity index (χ0) is 15.1. The molecular weight excluding hydrogens is 282 g/mol. The summed E-state index contributed by atoms with van der Waals surface area (Å²) in [5.74, 6) is 2.64. The molecule has 21 heavy (non-hydrogen) atoms. The van der Waals surface area contributed by atoms with Gasteiger partial charge >= 0.3 is 0 Å². The lowest BCUT2D eigenvalue weighted by Gasteiger charge is -2.09. The van der Waals surface area contributed by atoms with Crippen molar-refractivity contribution in [1.29, 1.82) is 0 Å². The van der Waals surface area contributed by atoms with Gasteiger partial charge in [0.05, 0.1) is 13.2 Å². The van der Waals surface area contributed by atoms with Crippen molar-refractivity contribution in [3.8, 4) is 11.5 Å². The van der Waals surface area contributed by atoms with Crippen LogP contribution in [0.1, 0.15) is 12.5 Å². The molecule has 0 aliphatic carbocycles. The fourth-order valence-electron chi connectivity index (χ4n) is 1.94. The highest BCUT2D eigenvalue weighted by Crippen LogP contribution is 2.24. The van der Waals surface area contributed by atoms with Gasteiger partial charge in [-0.25, -0.2) is 0 Å². The first-order valence-electron chi connectivity index (χ1n) is 7.03. The van der Waals surface area contributed by atoms with E-state index in [4.69, 9.17) is 15.2 Å². The number of nitrogen functional groups attached to an aromatic ring is 1. The zero-order valence-electron chi connectivity index (χ0n) is 12.5. The summed E-state index contributed by atoms with van der Waals surface area (Å²) in [6.07, 6.45) is 0. The lowest BCUT2D eigenvalue weighted by atomic mass is 10.2. The molecule has 112 valence electrons. The smallest absolute Gasteiger partial charge is 0.119 e. The van der Waals surface area contributed by atoms with E-state index in [-0.39, 0.29) is 0 Å². The molecule has 2 aromatic carbocycles. The third kappa shape index (κ3) is 4.90. The Morgan fingerprint density at radius 2 is 1.67 bits per heavy atom. The van der Waals surface area contributed by atoms with Gasteiger partial charge in [0.25, 0.3) is 0 Å². The minimum Gasteiger partial charge on any atom is -0.494 e. The molecule has 0 atom stereocenters. The molecule has 2 N–H and O–H groups in total. The summed E-state index contributed by atoms with van der Waals surface area (Å²) in [7, 11) is 0. The second-order valence-electron chi connectivity index (χ2n) is 4.63. The summed E-state index contributed by atoms with van der Waals surface area (Å²) in [5.41, 5.74) is 7.77. The Balaban J connectivity index is 1.76. The number of thioether (sulfide) groups is 1. The second-order valence-corrected chi connectivity index (χ2v) is 5.76. The first-order chi connectivity index (χ1) is 10.2. The Labute approximate surface area is 130 Å². The third-order valence-corrected chi connectivity index (χ3v) is 4.08. The van der Waals surface area contributed by atoms with Crippen molar-refractivity contribution in [3.05, 3.63) is 48.0 Å². The van der Waals surface area contributed by atoms with Gasteiger partial charge in [0.2, 0.25) is 0 Å². The van der Waals surface area contributed by atoms with Crippen molar-refractivity contribution in [1.82, 2.24) is 0 Å². The fraction of sp³-hybridized carbons (Fsp3) is 0.294. The van der Waals surface area contributed by atoms with Gasteiger partial charge < -0.3 is 15.2 Å². The highest BCUT2D eigenvalue weighted by Gasteiger charge is 2.00. The van der Waals surface area contributed by atoms with Gasteiger partial charge in [-0.2, -0.15) is 0 Å². The van der Waals surface area contributed by atoms with Gasteiger partial charge in [0.15, 0.2) is 0 Å². The summed E-state index contributed by atoms with van der Waals surface area (Å²) in [6, 6.07) is 13.7. The van der Waals surface area contributed by atoms with Crippen LogP contribution in [0.25, 0.3) is 0 Å². The number of rotatable bonds is 7. The van der Waals surface area contributed by atoms with Crippen LogP contribution < -0.4 is 15.2 Å². The quantitative estimate of drug-likeness (QED) is 0.474. The van der Waals surface area contributed by atoms with Gasteiger partial charge in [-0.3, -0.25) is 0 Å². The van der Waals surface area contributed by atoms with Crippen LogP contribution in [-0.2, 0) is 0 Å². The summed E-state index contributed by atoms with van der Waals surface area (Å²) in [5, 5.41) is 0. The Bertz CT molecular complexity index is 570. The van der Waals surface area contributed by atoms with Crippen molar-refractivity contribution in [2.24, 2.45) is 0 Å². The Hall–Kier alpha value is -1.81. The van der Waals surface area contributed by atoms with E-state index in [0.717, 1.165) is 22.9 Å². The number of ether oxygens (including phenoxy) is 2. The molecule has 0 fully saturated rings. The molecule has 0 radical (unpaired) electrons. The van der Waals surface area contributed by atoms with Gasteiger partial charge in [-0.05, 0) is 61.9 Å². The number of nitrogens with two attached hydrogens (primary N) is 1. The van der Waals surface area contributed by atoms with Crippen LogP contribution in [0.5, 0.6) is 11.5 Å². The van der Waals surface area contributed by atoms with Crippen LogP contribution in [0.15, 0.2) is 47.4 Å². The van der Waals surface area contributed by atoms with Crippen molar-refractivity contribution in [2.45, 2.75) is 18.7 Å². The number of hydrogen-bond acceptors (Lipinski definition) is 4. The fourth-order valence-corrected chi connectivity index (χ4v) is 2.78. The van der Waals surface area contributed by atoms with E-state index < -0.39 is 0 Å². The molecule has 0 saturated carbocycles. The van der Waals surface area contributed by atoms with Gasteiger partial charge in [0, 0.05) is 16.3 Å². The predicted molar refractivity (Wildman–Crippen MR) is 89.4 cm³/mol. The topological polar surface area (TPSA) is 44.5 Å². The van der Waals surface area contributed by atoms with Crippen molar-refractivity contribution in [2.75, 3.05) is 24.7 Å². The molecule has 0 unspecified atom stereocenters. The lowest BCUT2D eigenvalue weighted by Crippen LogP contribution is -2.00. The maximum absolute atomic E-state index is 5.75. The van der Waals surface area contributed by atoms with Gasteiger partial charge in [-0.1, -0.05) is 0 Å². The van der Waals surface area contributed by atoms with E-state index in [9.17, 15) is 0 Å². The Kier molecular flexibility index (Phi) is 5.81. The molecular formula is C17H21NO2S. The maximum atomic E-state index is 5.75. The van der Waals surface area contributed by atoms with E-state index in [1.54, 1.807) is 11.8 Å². The van der Waals surface area contributed by atoms with Crippen LogP contribution in [0.4, 0.5) is 5.69 Å². The van der Waals surface area contributed by atoms with Gasteiger partial charge in [0.1, 0.15) is 11.5 Å². The van der Waals surface area contributed by atoms with E-state index in [1.165, 1.54) is 10.5 Å². The summed E-state index contributed by atoms with van der Waals surface area (Å²) < 4.78 is 11.1. The standard InChI is InChI=1S/C17H21NO2S/c1-3-19-15-5-7-16(8-6-15)20-10-11-21-17-9-4-14(18)12-13(17)2/h4-9,12H,3,10-11,18H2,1-2H3. The van der Waals surface area contributed by atoms with E-state index in [0.29, 0.717) is 13.2 Å². The zero-order valence-corrected chi connectivity index (χ0v) is 13.3. The average molecular weight is 303 g/mol. The molecule has 2 aromatic rings. The molecule has 0 aliphatic rings. The minimum absolute atomic E-state index is 0.669. The van der Waals surface area contributed by atoms with Crippen molar-refractivity contribution < 1.29 is 9.47 Å². The van der Waals surface area contributed by atoms with Crippen molar-refractivity contribution in [3.63, 3.8) is 0 Å². The number of hydrogen-bond donors (Lipinski definition) is 1. The number of anilines is 1. The normalized spacial score (nSPS) is 10.4. The Morgan fingerprint density at radius 1 is 1.00 bits per heavy atom. The maximum Gasteiger partial charge on any atom is 0.119 e. The molecule has 3 nitrogen and oxygen atoms in total. The second kappa shape index (κ2) is 7.84. The van der Waals surface area contributed by atoms with Gasteiger partial charge in [-0.15, -0.1) is 11.8 Å². The van der Waals surface area contributed by atoms with Crippen LogP contribution in [-0.4, -0.2) is 19.0 Å². The van der Waals surface area contributed by atoms with Crippen LogP contribution in [0.2, 0.25) is 0 Å². The molecule has 0 aromatic heterocycles. The van der Waals surface area contributed by atoms with E-state index >= 15 is 0 Å². The van der Waals surface area contributed by atoms with Crippen LogP contribution in [0, 0.1) is 6.92 Å². The summed E-state index contributed by atoms with van der Waals surface area (Å²) in [6.45, 7) is 5.40. The SMILES string of the molecule is CCOc1ccc(OCCSc2ccc(N)cc2C)cc1. The summed E-state index contributed by atoms with van der Waals surface area (Å²) in [4.78, 5) is 1.25. The van der Waals surface area contributed by atoms with Crippen LogP contribution in [0.3, 0.4) is 0 Å². The van der Waals surface area contributed by atoms with Crippen molar-refractivity contribution >= 4 is 17.4 Å². The van der Waals surface area contributed by atoms with E-state index in [1.807, 2.05) is 43.3 Å². The number of aryl methyl sites for hydroxylation is 1. The molecule has 2 rings (SSSR count). The molecule has 0 saturated heterocycles. The first kappa shape index (κ1) is 15.6. The highest BCUT2D eigenvalue weighted by molar-refractivity contribution is 7.99. The third-order valence-electron chi connectivity index (χ3n) is 2.94. The van der Waals surface area contributed by atoms with Crippen LogP contribution >= 0.6 is 11.8 Å². The van der Waals surface area contributed by atoms with E-state index in [2.05, 4.69) is 13.0 Å². The molecule has 0 bridgehead atoms. The summed E-state index contributed by atoms with van der Waals surface area (Å²) >= 11 is 1.78. The average Bonchev–Trinajstić information content (AvgIpc) is 2.47. The molecule has 0 amide bonds. The first-order valence-corrected chi connectivity index (χ1v) is 8.02. The highest BCUT2D eigenvalue weighted by atomic mass is 32.2. The molecule has 0 aliphatic heterocycles. The monoisotopic (exact) mass is 303 g/mol.